The predicted molar refractivity (Wildman–Crippen MR) is 100 cm³/mol. The van der Waals surface area contributed by atoms with Crippen LogP contribution in [-0.4, -0.2) is 73.1 Å². The summed E-state index contributed by atoms with van der Waals surface area (Å²) < 4.78 is 38.2. The topological polar surface area (TPSA) is 109 Å². The minimum Gasteiger partial charge on any atom is -0.442 e. The first kappa shape index (κ1) is 19.2. The molecular weight excluding hydrogens is 384 g/mol. The second-order valence-corrected chi connectivity index (χ2v) is 8.87. The molecule has 152 valence electrons. The van der Waals surface area contributed by atoms with Crippen LogP contribution in [0.25, 0.3) is 11.5 Å². The number of H-pyrrole nitrogens is 1. The van der Waals surface area contributed by atoms with Gasteiger partial charge in [0.15, 0.2) is 5.76 Å². The first-order chi connectivity index (χ1) is 13.6. The van der Waals surface area contributed by atoms with Crippen LogP contribution in [0.3, 0.4) is 0 Å². The van der Waals surface area contributed by atoms with Gasteiger partial charge in [-0.2, -0.15) is 9.40 Å². The first-order valence-electron chi connectivity index (χ1n) is 9.58. The molecule has 2 aromatic heterocycles. The van der Waals surface area contributed by atoms with Crippen LogP contribution in [0.2, 0.25) is 0 Å². The summed E-state index contributed by atoms with van der Waals surface area (Å²) in [5.41, 5.74) is 0.740. The number of aromatic amines is 1. The van der Waals surface area contributed by atoms with E-state index in [1.54, 1.807) is 11.0 Å². The summed E-state index contributed by atoms with van der Waals surface area (Å²) >= 11 is 0. The number of furan rings is 1. The van der Waals surface area contributed by atoms with E-state index in [4.69, 9.17) is 9.15 Å². The lowest BCUT2D eigenvalue weighted by Crippen LogP contribution is -2.40. The summed E-state index contributed by atoms with van der Waals surface area (Å²) in [6.45, 7) is 3.02. The Morgan fingerprint density at radius 3 is 2.46 bits per heavy atom. The van der Waals surface area contributed by atoms with E-state index in [9.17, 15) is 13.2 Å². The molecule has 0 saturated carbocycles. The number of morpholine rings is 1. The van der Waals surface area contributed by atoms with Gasteiger partial charge in [-0.15, -0.1) is 0 Å². The SMILES string of the molecule is O=C(c1cn[nH]c1-c1ccc(S(=O)(=O)N2CCCCCC2)o1)N1CCOCC1. The highest BCUT2D eigenvalue weighted by Gasteiger charge is 2.30. The van der Waals surface area contributed by atoms with Crippen molar-refractivity contribution >= 4 is 15.9 Å². The fourth-order valence-electron chi connectivity index (χ4n) is 3.58. The summed E-state index contributed by atoms with van der Waals surface area (Å²) in [6, 6.07) is 3.01. The van der Waals surface area contributed by atoms with Gasteiger partial charge in [0, 0.05) is 26.2 Å². The van der Waals surface area contributed by atoms with Crippen molar-refractivity contribution in [1.29, 1.82) is 0 Å². The van der Waals surface area contributed by atoms with Gasteiger partial charge in [-0.1, -0.05) is 12.8 Å². The lowest BCUT2D eigenvalue weighted by Gasteiger charge is -2.26. The highest BCUT2D eigenvalue weighted by Crippen LogP contribution is 2.29. The Kier molecular flexibility index (Phi) is 5.51. The van der Waals surface area contributed by atoms with Crippen LogP contribution >= 0.6 is 0 Å². The molecule has 4 rings (SSSR count). The lowest BCUT2D eigenvalue weighted by atomic mass is 10.2. The van der Waals surface area contributed by atoms with Crippen molar-refractivity contribution in [3.63, 3.8) is 0 Å². The average molecular weight is 408 g/mol. The maximum atomic E-state index is 12.9. The van der Waals surface area contributed by atoms with Crippen LogP contribution in [0.15, 0.2) is 27.8 Å². The number of rotatable bonds is 4. The van der Waals surface area contributed by atoms with Gasteiger partial charge in [-0.25, -0.2) is 8.42 Å². The van der Waals surface area contributed by atoms with Crippen molar-refractivity contribution in [3.05, 3.63) is 23.9 Å². The van der Waals surface area contributed by atoms with Crippen LogP contribution < -0.4 is 0 Å². The number of carbonyl (C=O) groups excluding carboxylic acids is 1. The molecule has 1 N–H and O–H groups in total. The number of carbonyl (C=O) groups is 1. The number of hydrogen-bond acceptors (Lipinski definition) is 6. The summed E-state index contributed by atoms with van der Waals surface area (Å²) in [4.78, 5) is 14.5. The highest BCUT2D eigenvalue weighted by atomic mass is 32.2. The number of aromatic nitrogens is 2. The second kappa shape index (κ2) is 8.06. The van der Waals surface area contributed by atoms with Gasteiger partial charge in [0.2, 0.25) is 5.09 Å². The van der Waals surface area contributed by atoms with Gasteiger partial charge in [0.1, 0.15) is 5.69 Å². The van der Waals surface area contributed by atoms with E-state index in [-0.39, 0.29) is 16.8 Å². The molecule has 2 aliphatic heterocycles. The van der Waals surface area contributed by atoms with E-state index in [1.165, 1.54) is 16.6 Å². The fraction of sp³-hybridized carbons (Fsp3) is 0.556. The summed E-state index contributed by atoms with van der Waals surface area (Å²) in [5.74, 6) is 0.0999. The number of hydrogen-bond donors (Lipinski definition) is 1. The Bertz CT molecular complexity index is 921. The van der Waals surface area contributed by atoms with Crippen molar-refractivity contribution in [2.45, 2.75) is 30.8 Å². The average Bonchev–Trinajstić information content (AvgIpc) is 3.31. The van der Waals surface area contributed by atoms with Gasteiger partial charge >= 0.3 is 0 Å². The summed E-state index contributed by atoms with van der Waals surface area (Å²) in [6.07, 6.45) is 5.23. The van der Waals surface area contributed by atoms with Crippen molar-refractivity contribution in [2.24, 2.45) is 0 Å². The Labute approximate surface area is 163 Å². The van der Waals surface area contributed by atoms with Crippen LogP contribution in [-0.2, 0) is 14.8 Å². The van der Waals surface area contributed by atoms with Crippen LogP contribution in [0.5, 0.6) is 0 Å². The second-order valence-electron chi connectivity index (χ2n) is 7.00. The van der Waals surface area contributed by atoms with E-state index < -0.39 is 10.0 Å². The number of sulfonamides is 1. The third-order valence-corrected chi connectivity index (χ3v) is 6.93. The third-order valence-electron chi connectivity index (χ3n) is 5.15. The normalized spacial score (nSPS) is 19.5. The van der Waals surface area contributed by atoms with Crippen molar-refractivity contribution in [2.75, 3.05) is 39.4 Å². The number of nitrogens with one attached hydrogen (secondary N) is 1. The largest absolute Gasteiger partial charge is 0.442 e. The maximum absolute atomic E-state index is 12.9. The Balaban J connectivity index is 1.58. The molecule has 0 unspecified atom stereocenters. The number of amides is 1. The van der Waals surface area contributed by atoms with Gasteiger partial charge in [-0.05, 0) is 25.0 Å². The van der Waals surface area contributed by atoms with Gasteiger partial charge in [-0.3, -0.25) is 9.89 Å². The van der Waals surface area contributed by atoms with Crippen molar-refractivity contribution in [1.82, 2.24) is 19.4 Å². The van der Waals surface area contributed by atoms with E-state index in [0.717, 1.165) is 25.7 Å². The number of ether oxygens (including phenoxy) is 1. The van der Waals surface area contributed by atoms with Crippen molar-refractivity contribution < 1.29 is 22.4 Å². The molecule has 0 atom stereocenters. The third kappa shape index (κ3) is 3.71. The zero-order valence-electron chi connectivity index (χ0n) is 15.6. The zero-order valence-corrected chi connectivity index (χ0v) is 16.4. The maximum Gasteiger partial charge on any atom is 0.276 e. The summed E-state index contributed by atoms with van der Waals surface area (Å²) in [5, 5.41) is 6.62. The fourth-order valence-corrected chi connectivity index (χ4v) is 5.00. The molecule has 0 aromatic carbocycles. The smallest absolute Gasteiger partial charge is 0.276 e. The van der Waals surface area contributed by atoms with Gasteiger partial charge in [0.05, 0.1) is 25.0 Å². The minimum atomic E-state index is -3.69. The molecule has 9 nitrogen and oxygen atoms in total. The van der Waals surface area contributed by atoms with E-state index in [2.05, 4.69) is 10.2 Å². The van der Waals surface area contributed by atoms with Gasteiger partial charge < -0.3 is 14.1 Å². The molecule has 4 heterocycles. The zero-order chi connectivity index (χ0) is 19.6. The molecule has 0 spiro atoms. The molecule has 2 aromatic rings. The molecule has 0 bridgehead atoms. The summed E-state index contributed by atoms with van der Waals surface area (Å²) in [7, 11) is -3.69. The Morgan fingerprint density at radius 1 is 1.04 bits per heavy atom. The molecule has 0 aliphatic carbocycles. The minimum absolute atomic E-state index is 0.108. The monoisotopic (exact) mass is 408 g/mol. The van der Waals surface area contributed by atoms with E-state index in [0.29, 0.717) is 50.7 Å². The predicted octanol–water partition coefficient (Wildman–Crippen LogP) is 1.71. The first-order valence-corrected chi connectivity index (χ1v) is 11.0. The molecule has 10 heteroatoms. The number of nitrogens with zero attached hydrogens (tertiary/aromatic N) is 3. The molecular formula is C18H24N4O5S. The van der Waals surface area contributed by atoms with E-state index in [1.807, 2.05) is 0 Å². The Hall–Kier alpha value is -2.17. The standard InChI is InChI=1S/C18H24N4O5S/c23-18(21-9-11-26-12-10-21)14-13-19-20-17(14)15-5-6-16(27-15)28(24,25)22-7-3-1-2-4-8-22/h5-6,13H,1-4,7-12H2,(H,19,20). The Morgan fingerprint density at radius 2 is 1.75 bits per heavy atom. The molecule has 1 amide bonds. The van der Waals surface area contributed by atoms with Crippen LogP contribution in [0.4, 0.5) is 0 Å². The van der Waals surface area contributed by atoms with Crippen LogP contribution in [0, 0.1) is 0 Å². The highest BCUT2D eigenvalue weighted by molar-refractivity contribution is 7.89. The van der Waals surface area contributed by atoms with Crippen LogP contribution in [0.1, 0.15) is 36.0 Å². The van der Waals surface area contributed by atoms with Gasteiger partial charge in [0.25, 0.3) is 15.9 Å². The quantitative estimate of drug-likeness (QED) is 0.825. The molecule has 28 heavy (non-hydrogen) atoms. The molecule has 2 fully saturated rings. The lowest BCUT2D eigenvalue weighted by molar-refractivity contribution is 0.0303. The molecule has 2 aliphatic rings. The molecule has 0 radical (unpaired) electrons. The van der Waals surface area contributed by atoms with E-state index >= 15 is 0 Å². The molecule has 2 saturated heterocycles. The van der Waals surface area contributed by atoms with Crippen molar-refractivity contribution in [3.8, 4) is 11.5 Å².